The van der Waals surface area contributed by atoms with Crippen LogP contribution in [0.25, 0.3) is 0 Å². The standard InChI is InChI=1S/C14H22N2O3S/c1-9(2)16(8-13(15)17)20(18,19)14-11(4)6-10(3)7-12(14)5/h6-7,9H,8H2,1-5H3,(H2,15,17). The second-order valence-corrected chi connectivity index (χ2v) is 7.17. The quantitative estimate of drug-likeness (QED) is 0.894. The molecule has 1 aromatic rings. The Morgan fingerprint density at radius 3 is 2.00 bits per heavy atom. The zero-order valence-corrected chi connectivity index (χ0v) is 13.4. The Balaban J connectivity index is 3.45. The van der Waals surface area contributed by atoms with Gasteiger partial charge in [-0.15, -0.1) is 0 Å². The minimum absolute atomic E-state index is 0.262. The third-order valence-electron chi connectivity index (χ3n) is 3.06. The van der Waals surface area contributed by atoms with Crippen LogP contribution in [0.3, 0.4) is 0 Å². The lowest BCUT2D eigenvalue weighted by Gasteiger charge is -2.26. The molecule has 0 unspecified atom stereocenters. The molecule has 1 amide bonds. The van der Waals surface area contributed by atoms with E-state index in [1.54, 1.807) is 27.7 Å². The van der Waals surface area contributed by atoms with Crippen molar-refractivity contribution in [3.63, 3.8) is 0 Å². The predicted molar refractivity (Wildman–Crippen MR) is 78.9 cm³/mol. The van der Waals surface area contributed by atoms with Crippen LogP contribution < -0.4 is 5.73 Å². The summed E-state index contributed by atoms with van der Waals surface area (Å²) in [4.78, 5) is 11.4. The lowest BCUT2D eigenvalue weighted by Crippen LogP contribution is -2.43. The first-order valence-corrected chi connectivity index (χ1v) is 7.89. The molecule has 0 bridgehead atoms. The Kier molecular flexibility index (Phi) is 4.94. The number of carbonyl (C=O) groups is 1. The number of rotatable bonds is 5. The molecule has 5 nitrogen and oxygen atoms in total. The summed E-state index contributed by atoms with van der Waals surface area (Å²) in [5, 5.41) is 0. The topological polar surface area (TPSA) is 80.5 Å². The summed E-state index contributed by atoms with van der Waals surface area (Å²) in [5.41, 5.74) is 7.52. The molecule has 0 radical (unpaired) electrons. The molecule has 2 N–H and O–H groups in total. The van der Waals surface area contributed by atoms with Gasteiger partial charge in [-0.05, 0) is 45.7 Å². The smallest absolute Gasteiger partial charge is 0.244 e. The van der Waals surface area contributed by atoms with Gasteiger partial charge in [0.1, 0.15) is 0 Å². The lowest BCUT2D eigenvalue weighted by molar-refractivity contribution is -0.118. The van der Waals surface area contributed by atoms with Gasteiger partial charge in [0, 0.05) is 6.04 Å². The van der Waals surface area contributed by atoms with Crippen LogP contribution in [0.1, 0.15) is 30.5 Å². The highest BCUT2D eigenvalue weighted by Gasteiger charge is 2.30. The van der Waals surface area contributed by atoms with Crippen molar-refractivity contribution < 1.29 is 13.2 Å². The Morgan fingerprint density at radius 2 is 1.65 bits per heavy atom. The van der Waals surface area contributed by atoms with Gasteiger partial charge in [-0.1, -0.05) is 17.7 Å². The monoisotopic (exact) mass is 298 g/mol. The Morgan fingerprint density at radius 1 is 1.20 bits per heavy atom. The number of aryl methyl sites for hydroxylation is 3. The van der Waals surface area contributed by atoms with E-state index in [1.807, 2.05) is 19.1 Å². The Labute approximate surface area is 120 Å². The van der Waals surface area contributed by atoms with E-state index in [-0.39, 0.29) is 17.5 Å². The normalized spacial score (nSPS) is 12.2. The molecular weight excluding hydrogens is 276 g/mol. The first-order chi connectivity index (χ1) is 9.07. The minimum Gasteiger partial charge on any atom is -0.369 e. The number of hydrogen-bond donors (Lipinski definition) is 1. The number of nitrogens with zero attached hydrogens (tertiary/aromatic N) is 1. The summed E-state index contributed by atoms with van der Waals surface area (Å²) in [6.07, 6.45) is 0. The van der Waals surface area contributed by atoms with E-state index < -0.39 is 15.9 Å². The van der Waals surface area contributed by atoms with Crippen molar-refractivity contribution in [3.8, 4) is 0 Å². The minimum atomic E-state index is -3.74. The molecule has 1 rings (SSSR count). The maximum Gasteiger partial charge on any atom is 0.244 e. The highest BCUT2D eigenvalue weighted by Crippen LogP contribution is 2.26. The van der Waals surface area contributed by atoms with E-state index in [1.165, 1.54) is 0 Å². The average Bonchev–Trinajstić information content (AvgIpc) is 2.22. The molecule has 0 heterocycles. The fourth-order valence-corrected chi connectivity index (χ4v) is 4.41. The molecule has 112 valence electrons. The molecule has 1 aromatic carbocycles. The maximum absolute atomic E-state index is 12.8. The van der Waals surface area contributed by atoms with Gasteiger partial charge in [0.05, 0.1) is 11.4 Å². The second-order valence-electron chi connectivity index (χ2n) is 5.34. The molecule has 0 saturated heterocycles. The van der Waals surface area contributed by atoms with Crippen LogP contribution in [0.15, 0.2) is 17.0 Å². The number of hydrogen-bond acceptors (Lipinski definition) is 3. The lowest BCUT2D eigenvalue weighted by atomic mass is 10.1. The van der Waals surface area contributed by atoms with Gasteiger partial charge < -0.3 is 5.73 Å². The summed E-state index contributed by atoms with van der Waals surface area (Å²) in [5.74, 6) is -0.662. The van der Waals surface area contributed by atoms with Crippen molar-refractivity contribution in [2.24, 2.45) is 5.73 Å². The summed E-state index contributed by atoms with van der Waals surface area (Å²) >= 11 is 0. The third kappa shape index (κ3) is 3.37. The molecule has 20 heavy (non-hydrogen) atoms. The SMILES string of the molecule is Cc1cc(C)c(S(=O)(=O)N(CC(N)=O)C(C)C)c(C)c1. The van der Waals surface area contributed by atoms with E-state index in [9.17, 15) is 13.2 Å². The van der Waals surface area contributed by atoms with E-state index in [0.717, 1.165) is 9.87 Å². The van der Waals surface area contributed by atoms with Crippen molar-refractivity contribution in [2.45, 2.75) is 45.6 Å². The predicted octanol–water partition coefficient (Wildman–Crippen LogP) is 1.50. The highest BCUT2D eigenvalue weighted by molar-refractivity contribution is 7.89. The van der Waals surface area contributed by atoms with Crippen molar-refractivity contribution in [1.29, 1.82) is 0 Å². The molecule has 0 aliphatic carbocycles. The first-order valence-electron chi connectivity index (χ1n) is 6.45. The van der Waals surface area contributed by atoms with Crippen molar-refractivity contribution in [1.82, 2.24) is 4.31 Å². The fraction of sp³-hybridized carbons (Fsp3) is 0.500. The summed E-state index contributed by atoms with van der Waals surface area (Å²) in [6.45, 7) is 8.57. The zero-order valence-electron chi connectivity index (χ0n) is 12.6. The van der Waals surface area contributed by atoms with E-state index in [4.69, 9.17) is 5.73 Å². The molecule has 0 aliphatic rings. The molecule has 0 fully saturated rings. The van der Waals surface area contributed by atoms with Crippen LogP contribution in [-0.2, 0) is 14.8 Å². The van der Waals surface area contributed by atoms with Crippen LogP contribution in [0, 0.1) is 20.8 Å². The molecule has 0 aliphatic heterocycles. The van der Waals surface area contributed by atoms with Crippen LogP contribution >= 0.6 is 0 Å². The number of sulfonamides is 1. The molecule has 0 atom stereocenters. The fourth-order valence-electron chi connectivity index (χ4n) is 2.39. The summed E-state index contributed by atoms with van der Waals surface area (Å²) in [6, 6.07) is 3.30. The van der Waals surface area contributed by atoms with Gasteiger partial charge in [-0.3, -0.25) is 4.79 Å². The van der Waals surface area contributed by atoms with Gasteiger partial charge in [-0.25, -0.2) is 8.42 Å². The number of primary amides is 1. The number of carbonyl (C=O) groups excluding carboxylic acids is 1. The number of nitrogens with two attached hydrogens (primary N) is 1. The first kappa shape index (κ1) is 16.7. The van der Waals surface area contributed by atoms with Crippen LogP contribution in [0.5, 0.6) is 0 Å². The molecule has 0 spiro atoms. The largest absolute Gasteiger partial charge is 0.369 e. The van der Waals surface area contributed by atoms with Gasteiger partial charge >= 0.3 is 0 Å². The maximum atomic E-state index is 12.8. The molecule has 6 heteroatoms. The second kappa shape index (κ2) is 5.93. The van der Waals surface area contributed by atoms with E-state index >= 15 is 0 Å². The summed E-state index contributed by atoms with van der Waals surface area (Å²) < 4.78 is 26.7. The molecule has 0 aromatic heterocycles. The molecule has 0 saturated carbocycles. The van der Waals surface area contributed by atoms with Crippen molar-refractivity contribution in [3.05, 3.63) is 28.8 Å². The van der Waals surface area contributed by atoms with Gasteiger partial charge in [-0.2, -0.15) is 4.31 Å². The van der Waals surface area contributed by atoms with Gasteiger partial charge in [0.25, 0.3) is 0 Å². The van der Waals surface area contributed by atoms with Crippen LogP contribution in [0.4, 0.5) is 0 Å². The zero-order chi connectivity index (χ0) is 15.7. The van der Waals surface area contributed by atoms with Crippen molar-refractivity contribution in [2.75, 3.05) is 6.54 Å². The Hall–Kier alpha value is -1.40. The highest BCUT2D eigenvalue weighted by atomic mass is 32.2. The Bertz CT molecular complexity index is 598. The average molecular weight is 298 g/mol. The van der Waals surface area contributed by atoms with Crippen LogP contribution in [-0.4, -0.2) is 31.2 Å². The van der Waals surface area contributed by atoms with E-state index in [2.05, 4.69) is 0 Å². The van der Waals surface area contributed by atoms with Gasteiger partial charge in [0.15, 0.2) is 0 Å². The summed E-state index contributed by atoms with van der Waals surface area (Å²) in [7, 11) is -3.74. The van der Waals surface area contributed by atoms with Crippen molar-refractivity contribution >= 4 is 15.9 Å². The number of benzene rings is 1. The molecular formula is C14H22N2O3S. The van der Waals surface area contributed by atoms with Crippen LogP contribution in [0.2, 0.25) is 0 Å². The van der Waals surface area contributed by atoms with Gasteiger partial charge in [0.2, 0.25) is 15.9 Å². The van der Waals surface area contributed by atoms with E-state index in [0.29, 0.717) is 11.1 Å². The number of amides is 1. The third-order valence-corrected chi connectivity index (χ3v) is 5.39.